The number of ether oxygens (including phenoxy) is 1. The van der Waals surface area contributed by atoms with Gasteiger partial charge in [-0.2, -0.15) is 4.98 Å². The first-order chi connectivity index (χ1) is 7.78. The summed E-state index contributed by atoms with van der Waals surface area (Å²) in [4.78, 5) is 3.96. The quantitative estimate of drug-likeness (QED) is 0.844. The number of halogens is 1. The number of nitrogens with two attached hydrogens (primary N) is 1. The predicted octanol–water partition coefficient (Wildman–Crippen LogP) is 1.25. The summed E-state index contributed by atoms with van der Waals surface area (Å²) in [6.07, 6.45) is 0. The van der Waals surface area contributed by atoms with Crippen LogP contribution in [0.5, 0.6) is 5.75 Å². The van der Waals surface area contributed by atoms with E-state index in [1.54, 1.807) is 0 Å². The van der Waals surface area contributed by atoms with Gasteiger partial charge in [0.1, 0.15) is 11.6 Å². The minimum atomic E-state index is -0.308. The zero-order chi connectivity index (χ0) is 11.4. The lowest BCUT2D eigenvalue weighted by Crippen LogP contribution is -1.99. The molecular formula is C10H10FN3O2. The van der Waals surface area contributed by atoms with Crippen LogP contribution in [0.25, 0.3) is 0 Å². The van der Waals surface area contributed by atoms with E-state index in [0.29, 0.717) is 17.5 Å². The average Bonchev–Trinajstić information content (AvgIpc) is 2.76. The van der Waals surface area contributed by atoms with Crippen molar-refractivity contribution in [2.75, 3.05) is 0 Å². The van der Waals surface area contributed by atoms with E-state index in [9.17, 15) is 4.39 Å². The van der Waals surface area contributed by atoms with Gasteiger partial charge in [0.2, 0.25) is 11.7 Å². The lowest BCUT2D eigenvalue weighted by atomic mass is 10.3. The van der Waals surface area contributed by atoms with Crippen molar-refractivity contribution < 1.29 is 13.7 Å². The number of hydrogen-bond acceptors (Lipinski definition) is 5. The minimum absolute atomic E-state index is 0.162. The van der Waals surface area contributed by atoms with Crippen LogP contribution in [0.4, 0.5) is 4.39 Å². The molecule has 0 atom stereocenters. The van der Waals surface area contributed by atoms with Crippen LogP contribution in [0.15, 0.2) is 28.8 Å². The second kappa shape index (κ2) is 4.71. The lowest BCUT2D eigenvalue weighted by molar-refractivity contribution is 0.285. The highest BCUT2D eigenvalue weighted by Crippen LogP contribution is 2.12. The molecular weight excluding hydrogens is 213 g/mol. The summed E-state index contributed by atoms with van der Waals surface area (Å²) in [5.74, 6) is 1.00. The molecule has 5 nitrogen and oxygen atoms in total. The maximum Gasteiger partial charge on any atom is 0.240 e. The van der Waals surface area contributed by atoms with Gasteiger partial charge in [0.15, 0.2) is 6.61 Å². The standard InChI is InChI=1S/C10H10FN3O2/c11-7-1-3-8(4-2-7)15-6-9-13-10(5-12)16-14-9/h1-4H,5-6,12H2. The summed E-state index contributed by atoms with van der Waals surface area (Å²) >= 11 is 0. The molecule has 0 aliphatic rings. The molecule has 1 aromatic carbocycles. The molecule has 0 bridgehead atoms. The van der Waals surface area contributed by atoms with Gasteiger partial charge in [-0.1, -0.05) is 5.16 Å². The average molecular weight is 223 g/mol. The van der Waals surface area contributed by atoms with Crippen molar-refractivity contribution >= 4 is 0 Å². The topological polar surface area (TPSA) is 74.2 Å². The zero-order valence-corrected chi connectivity index (χ0v) is 8.39. The van der Waals surface area contributed by atoms with Crippen molar-refractivity contribution in [3.8, 4) is 5.75 Å². The summed E-state index contributed by atoms with van der Waals surface area (Å²) in [5.41, 5.74) is 5.31. The largest absolute Gasteiger partial charge is 0.485 e. The Bertz CT molecular complexity index is 455. The van der Waals surface area contributed by atoms with E-state index in [1.807, 2.05) is 0 Å². The molecule has 0 unspecified atom stereocenters. The van der Waals surface area contributed by atoms with Gasteiger partial charge in [-0.3, -0.25) is 0 Å². The monoisotopic (exact) mass is 223 g/mol. The highest BCUT2D eigenvalue weighted by molar-refractivity contribution is 5.22. The third-order valence-corrected chi connectivity index (χ3v) is 1.87. The first-order valence-corrected chi connectivity index (χ1v) is 4.68. The maximum absolute atomic E-state index is 12.6. The molecule has 0 saturated heterocycles. The Morgan fingerprint density at radius 1 is 1.31 bits per heavy atom. The van der Waals surface area contributed by atoms with Crippen LogP contribution in [0, 0.1) is 5.82 Å². The van der Waals surface area contributed by atoms with Crippen molar-refractivity contribution in [1.82, 2.24) is 10.1 Å². The van der Waals surface area contributed by atoms with E-state index < -0.39 is 0 Å². The number of aromatic nitrogens is 2. The van der Waals surface area contributed by atoms with Gasteiger partial charge >= 0.3 is 0 Å². The molecule has 0 aliphatic heterocycles. The number of hydrogen-bond donors (Lipinski definition) is 1. The summed E-state index contributed by atoms with van der Waals surface area (Å²) in [5, 5.41) is 3.65. The maximum atomic E-state index is 12.6. The Morgan fingerprint density at radius 2 is 2.06 bits per heavy atom. The van der Waals surface area contributed by atoms with E-state index in [0.717, 1.165) is 0 Å². The van der Waals surface area contributed by atoms with E-state index in [1.165, 1.54) is 24.3 Å². The van der Waals surface area contributed by atoms with Crippen molar-refractivity contribution in [2.45, 2.75) is 13.2 Å². The molecule has 2 rings (SSSR count). The van der Waals surface area contributed by atoms with Crippen LogP contribution in [-0.2, 0) is 13.2 Å². The molecule has 0 radical (unpaired) electrons. The van der Waals surface area contributed by atoms with Crippen LogP contribution in [-0.4, -0.2) is 10.1 Å². The first-order valence-electron chi connectivity index (χ1n) is 4.68. The molecule has 84 valence electrons. The first kappa shape index (κ1) is 10.6. The lowest BCUT2D eigenvalue weighted by Gasteiger charge is -2.01. The van der Waals surface area contributed by atoms with Gasteiger partial charge in [-0.25, -0.2) is 4.39 Å². The Labute approximate surface area is 91.0 Å². The summed E-state index contributed by atoms with van der Waals surface area (Å²) < 4.78 is 22.7. The van der Waals surface area contributed by atoms with Crippen molar-refractivity contribution in [3.05, 3.63) is 41.8 Å². The molecule has 0 amide bonds. The highest BCUT2D eigenvalue weighted by Gasteiger charge is 2.04. The van der Waals surface area contributed by atoms with Crippen LogP contribution in [0.2, 0.25) is 0 Å². The van der Waals surface area contributed by atoms with Crippen molar-refractivity contribution in [2.24, 2.45) is 5.73 Å². The van der Waals surface area contributed by atoms with Crippen LogP contribution in [0.3, 0.4) is 0 Å². The fraction of sp³-hybridized carbons (Fsp3) is 0.200. The van der Waals surface area contributed by atoms with E-state index in [-0.39, 0.29) is 19.0 Å². The summed E-state index contributed by atoms with van der Waals surface area (Å²) in [7, 11) is 0. The van der Waals surface area contributed by atoms with E-state index in [2.05, 4.69) is 10.1 Å². The molecule has 1 heterocycles. The summed E-state index contributed by atoms with van der Waals surface area (Å²) in [6.45, 7) is 0.360. The number of nitrogens with zero attached hydrogens (tertiary/aromatic N) is 2. The zero-order valence-electron chi connectivity index (χ0n) is 8.39. The van der Waals surface area contributed by atoms with Gasteiger partial charge in [0.05, 0.1) is 6.54 Å². The SMILES string of the molecule is NCc1nc(COc2ccc(F)cc2)no1. The van der Waals surface area contributed by atoms with Crippen LogP contribution in [0.1, 0.15) is 11.7 Å². The van der Waals surface area contributed by atoms with Crippen LogP contribution >= 0.6 is 0 Å². The van der Waals surface area contributed by atoms with E-state index in [4.69, 9.17) is 15.0 Å². The molecule has 0 spiro atoms. The Balaban J connectivity index is 1.94. The van der Waals surface area contributed by atoms with Gasteiger partial charge in [0.25, 0.3) is 0 Å². The number of benzene rings is 1. The van der Waals surface area contributed by atoms with Crippen LogP contribution < -0.4 is 10.5 Å². The normalized spacial score (nSPS) is 10.4. The van der Waals surface area contributed by atoms with Gasteiger partial charge in [0, 0.05) is 0 Å². The smallest absolute Gasteiger partial charge is 0.240 e. The molecule has 0 fully saturated rings. The fourth-order valence-electron chi connectivity index (χ4n) is 1.11. The van der Waals surface area contributed by atoms with Gasteiger partial charge < -0.3 is 15.0 Å². The fourth-order valence-corrected chi connectivity index (χ4v) is 1.11. The molecule has 6 heteroatoms. The van der Waals surface area contributed by atoms with Crippen molar-refractivity contribution in [1.29, 1.82) is 0 Å². The Kier molecular flexibility index (Phi) is 3.11. The third kappa shape index (κ3) is 2.54. The summed E-state index contributed by atoms with van der Waals surface area (Å²) in [6, 6.07) is 5.69. The molecule has 2 N–H and O–H groups in total. The molecule has 16 heavy (non-hydrogen) atoms. The molecule has 0 aliphatic carbocycles. The second-order valence-electron chi connectivity index (χ2n) is 3.05. The molecule has 0 saturated carbocycles. The van der Waals surface area contributed by atoms with Gasteiger partial charge in [-0.15, -0.1) is 0 Å². The predicted molar refractivity (Wildman–Crippen MR) is 52.9 cm³/mol. The highest BCUT2D eigenvalue weighted by atomic mass is 19.1. The second-order valence-corrected chi connectivity index (χ2v) is 3.05. The van der Waals surface area contributed by atoms with E-state index >= 15 is 0 Å². The molecule has 1 aromatic heterocycles. The van der Waals surface area contributed by atoms with Gasteiger partial charge in [-0.05, 0) is 24.3 Å². The Morgan fingerprint density at radius 3 is 2.69 bits per heavy atom. The number of rotatable bonds is 4. The molecule has 2 aromatic rings. The Hall–Kier alpha value is -1.95. The van der Waals surface area contributed by atoms with Crippen molar-refractivity contribution in [3.63, 3.8) is 0 Å². The minimum Gasteiger partial charge on any atom is -0.485 e. The third-order valence-electron chi connectivity index (χ3n) is 1.87.